The van der Waals surface area contributed by atoms with Crippen molar-refractivity contribution >= 4 is 17.1 Å². The average molecular weight is 784 g/mol. The third kappa shape index (κ3) is 5.98. The second-order valence-electron chi connectivity index (χ2n) is 18.1. The topological polar surface area (TPSA) is 3.24 Å². The van der Waals surface area contributed by atoms with Gasteiger partial charge in [-0.3, -0.25) is 0 Å². The van der Waals surface area contributed by atoms with E-state index in [0.29, 0.717) is 11.8 Å². The minimum Gasteiger partial charge on any atom is -0.309 e. The molecule has 0 aliphatic heterocycles. The van der Waals surface area contributed by atoms with Gasteiger partial charge in [-0.15, -0.1) is 0 Å². The number of benzene rings is 8. The lowest BCUT2D eigenvalue weighted by molar-refractivity contribution is 0.394. The van der Waals surface area contributed by atoms with Gasteiger partial charge in [0, 0.05) is 28.1 Å². The second-order valence-corrected chi connectivity index (χ2v) is 18.1. The first kappa shape index (κ1) is 37.1. The van der Waals surface area contributed by atoms with Gasteiger partial charge >= 0.3 is 0 Å². The number of hydrogen-bond acceptors (Lipinski definition) is 1. The van der Waals surface area contributed by atoms with Gasteiger partial charge in [-0.2, -0.15) is 0 Å². The van der Waals surface area contributed by atoms with Crippen molar-refractivity contribution < 1.29 is 0 Å². The number of allylic oxidation sites excluding steroid dienone is 4. The maximum absolute atomic E-state index is 2.49. The third-order valence-corrected chi connectivity index (χ3v) is 14.0. The SMILES string of the molecule is CC1(C)c2ccccc2-c2c(-c3ccccc3N(c3ccc(-c4ccc5c(c4)C(C)(C)C4C=CC=CC54)cc3)c3ccccc3-c3ccc(-c4ccccc4)cc3)cccc21. The van der Waals surface area contributed by atoms with Crippen LogP contribution in [0, 0.1) is 5.92 Å². The minimum atomic E-state index is -0.0942. The number of fused-ring (bicyclic) bond motifs is 6. The summed E-state index contributed by atoms with van der Waals surface area (Å²) in [4.78, 5) is 2.49. The Morgan fingerprint density at radius 1 is 0.393 bits per heavy atom. The zero-order chi connectivity index (χ0) is 41.3. The van der Waals surface area contributed by atoms with Crippen molar-refractivity contribution in [2.75, 3.05) is 4.90 Å². The summed E-state index contributed by atoms with van der Waals surface area (Å²) in [5.74, 6) is 0.929. The summed E-state index contributed by atoms with van der Waals surface area (Å²) in [5.41, 5.74) is 21.4. The highest BCUT2D eigenvalue weighted by Gasteiger charge is 2.44. The zero-order valence-corrected chi connectivity index (χ0v) is 35.3. The fraction of sp³-hybridized carbons (Fsp3) is 0.133. The van der Waals surface area contributed by atoms with Crippen LogP contribution >= 0.6 is 0 Å². The molecule has 0 saturated carbocycles. The number of hydrogen-bond donors (Lipinski definition) is 0. The molecular weight excluding hydrogens is 735 g/mol. The van der Waals surface area contributed by atoms with Crippen molar-refractivity contribution in [3.8, 4) is 55.6 Å². The van der Waals surface area contributed by atoms with Crippen LogP contribution in [0.2, 0.25) is 0 Å². The molecule has 2 unspecified atom stereocenters. The van der Waals surface area contributed by atoms with Crippen LogP contribution in [0.15, 0.2) is 212 Å². The van der Waals surface area contributed by atoms with E-state index in [0.717, 1.165) is 17.1 Å². The predicted octanol–water partition coefficient (Wildman–Crippen LogP) is 16.2. The number of anilines is 3. The molecule has 0 aromatic heterocycles. The Labute approximate surface area is 361 Å². The van der Waals surface area contributed by atoms with Gasteiger partial charge in [0.25, 0.3) is 0 Å². The molecule has 0 saturated heterocycles. The summed E-state index contributed by atoms with van der Waals surface area (Å²) in [6.45, 7) is 9.56. The normalized spacial score (nSPS) is 17.3. The van der Waals surface area contributed by atoms with Crippen LogP contribution in [-0.2, 0) is 10.8 Å². The molecule has 3 aliphatic carbocycles. The standard InChI is InChI=1S/C60H49N/c1-59(2)53-25-13-9-22-51(53)58-50(23-16-26-54(58)59)49-21-11-15-28-57(49)61(56-27-14-10-19-46(56)43-31-29-41(30-32-43)40-17-6-5-7-18-40)45-36-33-42(34-37-45)44-35-38-48-47-20-8-12-24-52(47)60(3,4)55(48)39-44/h5-39,47,52H,1-4H3. The van der Waals surface area contributed by atoms with Gasteiger partial charge in [0.15, 0.2) is 0 Å². The van der Waals surface area contributed by atoms with Gasteiger partial charge in [0.05, 0.1) is 11.4 Å². The minimum absolute atomic E-state index is 0.0636. The summed E-state index contributed by atoms with van der Waals surface area (Å²) in [5, 5.41) is 0. The molecule has 11 rings (SSSR count). The molecule has 3 aliphatic rings. The summed E-state index contributed by atoms with van der Waals surface area (Å²) in [6, 6.07) is 69.9. The molecule has 0 amide bonds. The predicted molar refractivity (Wildman–Crippen MR) is 258 cm³/mol. The van der Waals surface area contributed by atoms with E-state index < -0.39 is 0 Å². The van der Waals surface area contributed by atoms with Crippen LogP contribution in [0.5, 0.6) is 0 Å². The molecule has 0 heterocycles. The Kier molecular flexibility index (Phi) is 8.72. The molecule has 8 aromatic carbocycles. The van der Waals surface area contributed by atoms with Crippen molar-refractivity contribution in [1.29, 1.82) is 0 Å². The van der Waals surface area contributed by atoms with Crippen molar-refractivity contribution in [2.24, 2.45) is 5.92 Å². The van der Waals surface area contributed by atoms with Gasteiger partial charge in [-0.05, 0) is 102 Å². The van der Waals surface area contributed by atoms with Gasteiger partial charge in [0.1, 0.15) is 0 Å². The Bertz CT molecular complexity index is 3020. The molecule has 61 heavy (non-hydrogen) atoms. The van der Waals surface area contributed by atoms with Crippen LogP contribution in [-0.4, -0.2) is 0 Å². The lowest BCUT2D eigenvalue weighted by Crippen LogP contribution is -2.24. The lowest BCUT2D eigenvalue weighted by atomic mass is 9.74. The van der Waals surface area contributed by atoms with Crippen molar-refractivity contribution in [3.05, 3.63) is 235 Å². The molecule has 1 nitrogen and oxygen atoms in total. The van der Waals surface area contributed by atoms with E-state index in [1.165, 1.54) is 77.9 Å². The lowest BCUT2D eigenvalue weighted by Gasteiger charge is -2.30. The summed E-state index contributed by atoms with van der Waals surface area (Å²) in [7, 11) is 0. The third-order valence-electron chi connectivity index (χ3n) is 14.0. The molecule has 2 atom stereocenters. The van der Waals surface area contributed by atoms with Crippen LogP contribution < -0.4 is 4.90 Å². The number of rotatable bonds is 7. The van der Waals surface area contributed by atoms with E-state index in [2.05, 4.69) is 245 Å². The first-order valence-corrected chi connectivity index (χ1v) is 21.8. The quantitative estimate of drug-likeness (QED) is 0.156. The van der Waals surface area contributed by atoms with Gasteiger partial charge < -0.3 is 4.90 Å². The fourth-order valence-electron chi connectivity index (χ4n) is 10.8. The Morgan fingerprint density at radius 3 is 1.70 bits per heavy atom. The van der Waals surface area contributed by atoms with Crippen molar-refractivity contribution in [3.63, 3.8) is 0 Å². The number of para-hydroxylation sites is 2. The molecule has 0 radical (unpaired) electrons. The molecule has 1 heteroatoms. The van der Waals surface area contributed by atoms with Crippen LogP contribution in [0.4, 0.5) is 17.1 Å². The van der Waals surface area contributed by atoms with Gasteiger partial charge in [-0.1, -0.05) is 216 Å². The second kappa shape index (κ2) is 14.4. The molecule has 0 bridgehead atoms. The van der Waals surface area contributed by atoms with E-state index in [-0.39, 0.29) is 10.8 Å². The van der Waals surface area contributed by atoms with Crippen LogP contribution in [0.1, 0.15) is 55.9 Å². The molecule has 8 aromatic rings. The zero-order valence-electron chi connectivity index (χ0n) is 35.3. The first-order chi connectivity index (χ1) is 29.8. The smallest absolute Gasteiger partial charge is 0.0540 e. The van der Waals surface area contributed by atoms with E-state index in [1.807, 2.05) is 0 Å². The first-order valence-electron chi connectivity index (χ1n) is 21.8. The van der Waals surface area contributed by atoms with Gasteiger partial charge in [0.2, 0.25) is 0 Å². The summed E-state index contributed by atoms with van der Waals surface area (Å²) in [6.07, 6.45) is 9.23. The molecule has 0 N–H and O–H groups in total. The average Bonchev–Trinajstić information content (AvgIpc) is 3.69. The largest absolute Gasteiger partial charge is 0.309 e. The molecule has 0 spiro atoms. The Morgan fingerprint density at radius 2 is 0.934 bits per heavy atom. The highest BCUT2D eigenvalue weighted by Crippen LogP contribution is 2.55. The van der Waals surface area contributed by atoms with E-state index in [1.54, 1.807) is 0 Å². The highest BCUT2D eigenvalue weighted by atomic mass is 15.1. The summed E-state index contributed by atoms with van der Waals surface area (Å²) < 4.78 is 0. The molecule has 294 valence electrons. The van der Waals surface area contributed by atoms with E-state index in [4.69, 9.17) is 0 Å². The number of nitrogens with zero attached hydrogens (tertiary/aromatic N) is 1. The van der Waals surface area contributed by atoms with Crippen LogP contribution in [0.3, 0.4) is 0 Å². The Balaban J connectivity index is 1.07. The van der Waals surface area contributed by atoms with E-state index in [9.17, 15) is 0 Å². The van der Waals surface area contributed by atoms with Crippen molar-refractivity contribution in [2.45, 2.75) is 44.4 Å². The molecular formula is C60H49N. The maximum Gasteiger partial charge on any atom is 0.0540 e. The maximum atomic E-state index is 2.49. The fourth-order valence-corrected chi connectivity index (χ4v) is 10.8. The monoisotopic (exact) mass is 783 g/mol. The van der Waals surface area contributed by atoms with Crippen LogP contribution in [0.25, 0.3) is 55.6 Å². The van der Waals surface area contributed by atoms with Gasteiger partial charge in [-0.25, -0.2) is 0 Å². The molecule has 0 fully saturated rings. The van der Waals surface area contributed by atoms with Crippen molar-refractivity contribution in [1.82, 2.24) is 0 Å². The highest BCUT2D eigenvalue weighted by molar-refractivity contribution is 5.99. The summed E-state index contributed by atoms with van der Waals surface area (Å²) >= 11 is 0. The van der Waals surface area contributed by atoms with E-state index >= 15 is 0 Å². The Hall–Kier alpha value is -6.96.